The van der Waals surface area contributed by atoms with E-state index in [2.05, 4.69) is 17.9 Å². The molecule has 0 aromatic heterocycles. The van der Waals surface area contributed by atoms with Gasteiger partial charge in [0, 0.05) is 12.1 Å². The molecule has 1 heterocycles. The van der Waals surface area contributed by atoms with Crippen LogP contribution in [0.4, 0.5) is 5.69 Å². The SMILES string of the molecule is OCCOCCOc1ccc2c(c1)CC(S)N2. The van der Waals surface area contributed by atoms with Crippen LogP contribution in [-0.2, 0) is 11.2 Å². The van der Waals surface area contributed by atoms with Gasteiger partial charge >= 0.3 is 0 Å². The van der Waals surface area contributed by atoms with Gasteiger partial charge in [-0.15, -0.1) is 0 Å². The standard InChI is InChI=1S/C12H17NO3S/c14-3-4-15-5-6-16-10-1-2-11-9(7-10)8-12(17)13-11/h1-2,7,12-14,17H,3-6,8H2. The van der Waals surface area contributed by atoms with E-state index in [4.69, 9.17) is 14.6 Å². The zero-order chi connectivity index (χ0) is 12.1. The van der Waals surface area contributed by atoms with Crippen molar-refractivity contribution in [2.75, 3.05) is 31.7 Å². The number of nitrogens with one attached hydrogen (secondary N) is 1. The minimum Gasteiger partial charge on any atom is -0.491 e. The van der Waals surface area contributed by atoms with E-state index in [0.29, 0.717) is 19.8 Å². The lowest BCUT2D eigenvalue weighted by atomic mass is 10.1. The van der Waals surface area contributed by atoms with Gasteiger partial charge in [0.1, 0.15) is 12.4 Å². The van der Waals surface area contributed by atoms with Gasteiger partial charge in [-0.3, -0.25) is 0 Å². The Hall–Kier alpha value is -0.910. The predicted molar refractivity (Wildman–Crippen MR) is 69.9 cm³/mol. The molecule has 0 spiro atoms. The average molecular weight is 255 g/mol. The predicted octanol–water partition coefficient (Wildman–Crippen LogP) is 1.30. The second-order valence-corrected chi connectivity index (χ2v) is 4.49. The van der Waals surface area contributed by atoms with Crippen molar-refractivity contribution >= 4 is 18.3 Å². The van der Waals surface area contributed by atoms with Crippen LogP contribution in [-0.4, -0.2) is 36.9 Å². The highest BCUT2D eigenvalue weighted by Gasteiger charge is 2.17. The van der Waals surface area contributed by atoms with Crippen molar-refractivity contribution in [3.05, 3.63) is 23.8 Å². The van der Waals surface area contributed by atoms with Gasteiger partial charge in [0.15, 0.2) is 0 Å². The molecule has 0 bridgehead atoms. The van der Waals surface area contributed by atoms with Gasteiger partial charge in [0.2, 0.25) is 0 Å². The van der Waals surface area contributed by atoms with Crippen LogP contribution in [0.3, 0.4) is 0 Å². The van der Waals surface area contributed by atoms with Crippen molar-refractivity contribution in [2.45, 2.75) is 11.8 Å². The van der Waals surface area contributed by atoms with Gasteiger partial charge < -0.3 is 19.9 Å². The molecule has 2 rings (SSSR count). The summed E-state index contributed by atoms with van der Waals surface area (Å²) in [6.07, 6.45) is 0.913. The highest BCUT2D eigenvalue weighted by atomic mass is 32.1. The Labute approximate surface area is 106 Å². The van der Waals surface area contributed by atoms with Gasteiger partial charge in [0.05, 0.1) is 25.2 Å². The zero-order valence-electron chi connectivity index (χ0n) is 9.56. The first-order chi connectivity index (χ1) is 8.29. The Morgan fingerprint density at radius 2 is 2.24 bits per heavy atom. The molecular formula is C12H17NO3S. The molecule has 1 unspecified atom stereocenters. The van der Waals surface area contributed by atoms with Gasteiger partial charge in [-0.25, -0.2) is 0 Å². The Kier molecular flexibility index (Phi) is 4.53. The second kappa shape index (κ2) is 6.14. The Bertz CT molecular complexity index is 373. The number of thiol groups is 1. The van der Waals surface area contributed by atoms with Crippen molar-refractivity contribution in [3.8, 4) is 5.75 Å². The highest BCUT2D eigenvalue weighted by Crippen LogP contribution is 2.30. The maximum atomic E-state index is 8.53. The quantitative estimate of drug-likeness (QED) is 0.530. The molecule has 2 N–H and O–H groups in total. The summed E-state index contributed by atoms with van der Waals surface area (Å²) in [5.41, 5.74) is 2.37. The molecule has 1 atom stereocenters. The lowest BCUT2D eigenvalue weighted by Gasteiger charge is -2.08. The minimum atomic E-state index is 0.0495. The van der Waals surface area contributed by atoms with Crippen molar-refractivity contribution < 1.29 is 14.6 Å². The average Bonchev–Trinajstić information content (AvgIpc) is 2.68. The molecule has 0 radical (unpaired) electrons. The normalized spacial score (nSPS) is 17.6. The molecule has 0 saturated heterocycles. The van der Waals surface area contributed by atoms with E-state index in [0.717, 1.165) is 17.9 Å². The lowest BCUT2D eigenvalue weighted by Crippen LogP contribution is -2.09. The first-order valence-electron chi connectivity index (χ1n) is 5.68. The summed E-state index contributed by atoms with van der Waals surface area (Å²) in [5, 5.41) is 12.0. The third kappa shape index (κ3) is 3.52. The third-order valence-corrected chi connectivity index (χ3v) is 2.86. The Morgan fingerprint density at radius 1 is 1.35 bits per heavy atom. The van der Waals surface area contributed by atoms with E-state index < -0.39 is 0 Å². The summed E-state index contributed by atoms with van der Waals surface area (Å²) in [6, 6.07) is 5.98. The van der Waals surface area contributed by atoms with Crippen LogP contribution in [0.25, 0.3) is 0 Å². The van der Waals surface area contributed by atoms with Crippen LogP contribution in [0.15, 0.2) is 18.2 Å². The molecule has 1 aliphatic heterocycles. The van der Waals surface area contributed by atoms with Crippen molar-refractivity contribution in [3.63, 3.8) is 0 Å². The topological polar surface area (TPSA) is 50.7 Å². The molecule has 4 nitrogen and oxygen atoms in total. The molecular weight excluding hydrogens is 238 g/mol. The Balaban J connectivity index is 1.80. The summed E-state index contributed by atoms with van der Waals surface area (Å²) in [4.78, 5) is 0. The molecule has 1 aliphatic rings. The second-order valence-electron chi connectivity index (χ2n) is 3.87. The van der Waals surface area contributed by atoms with Crippen LogP contribution in [0.5, 0.6) is 5.75 Å². The van der Waals surface area contributed by atoms with E-state index >= 15 is 0 Å². The summed E-state index contributed by atoms with van der Waals surface area (Å²) in [7, 11) is 0. The number of anilines is 1. The van der Waals surface area contributed by atoms with Crippen molar-refractivity contribution in [2.24, 2.45) is 0 Å². The number of fused-ring (bicyclic) bond motifs is 1. The first kappa shape index (κ1) is 12.5. The smallest absolute Gasteiger partial charge is 0.119 e. The summed E-state index contributed by atoms with van der Waals surface area (Å²) in [6.45, 7) is 1.40. The summed E-state index contributed by atoms with van der Waals surface area (Å²) >= 11 is 4.38. The maximum Gasteiger partial charge on any atom is 0.119 e. The van der Waals surface area contributed by atoms with Crippen LogP contribution < -0.4 is 10.1 Å². The van der Waals surface area contributed by atoms with Crippen molar-refractivity contribution in [1.29, 1.82) is 0 Å². The zero-order valence-corrected chi connectivity index (χ0v) is 10.5. The van der Waals surface area contributed by atoms with E-state index in [9.17, 15) is 0 Å². The van der Waals surface area contributed by atoms with E-state index in [-0.39, 0.29) is 12.0 Å². The largest absolute Gasteiger partial charge is 0.491 e. The number of aliphatic hydroxyl groups is 1. The molecule has 94 valence electrons. The number of benzene rings is 1. The first-order valence-corrected chi connectivity index (χ1v) is 6.20. The van der Waals surface area contributed by atoms with Gasteiger partial charge in [-0.2, -0.15) is 12.6 Å². The van der Waals surface area contributed by atoms with Gasteiger partial charge in [-0.05, 0) is 23.8 Å². The molecule has 1 aromatic carbocycles. The number of rotatable bonds is 6. The van der Waals surface area contributed by atoms with E-state index in [1.165, 1.54) is 5.56 Å². The van der Waals surface area contributed by atoms with Crippen LogP contribution in [0, 0.1) is 0 Å². The fourth-order valence-electron chi connectivity index (χ4n) is 1.79. The summed E-state index contributed by atoms with van der Waals surface area (Å²) < 4.78 is 10.7. The molecule has 0 amide bonds. The number of aliphatic hydroxyl groups excluding tert-OH is 1. The van der Waals surface area contributed by atoms with E-state index in [1.54, 1.807) is 0 Å². The van der Waals surface area contributed by atoms with Crippen molar-refractivity contribution in [1.82, 2.24) is 0 Å². The van der Waals surface area contributed by atoms with Crippen LogP contribution >= 0.6 is 12.6 Å². The van der Waals surface area contributed by atoms with Gasteiger partial charge in [-0.1, -0.05) is 0 Å². The highest BCUT2D eigenvalue weighted by molar-refractivity contribution is 7.81. The monoisotopic (exact) mass is 255 g/mol. The number of hydrogen-bond donors (Lipinski definition) is 3. The minimum absolute atomic E-state index is 0.0495. The molecule has 17 heavy (non-hydrogen) atoms. The fourth-order valence-corrected chi connectivity index (χ4v) is 2.13. The van der Waals surface area contributed by atoms with Crippen LogP contribution in [0.2, 0.25) is 0 Å². The molecule has 0 aliphatic carbocycles. The number of ether oxygens (including phenoxy) is 2. The fraction of sp³-hybridized carbons (Fsp3) is 0.500. The molecule has 5 heteroatoms. The van der Waals surface area contributed by atoms with Gasteiger partial charge in [0.25, 0.3) is 0 Å². The summed E-state index contributed by atoms with van der Waals surface area (Å²) in [5.74, 6) is 0.848. The number of hydrogen-bond acceptors (Lipinski definition) is 5. The maximum absolute atomic E-state index is 8.53. The third-order valence-electron chi connectivity index (χ3n) is 2.54. The van der Waals surface area contributed by atoms with E-state index in [1.807, 2.05) is 18.2 Å². The lowest BCUT2D eigenvalue weighted by molar-refractivity contribution is 0.0705. The molecule has 0 saturated carbocycles. The molecule has 1 aromatic rings. The Morgan fingerprint density at radius 3 is 3.06 bits per heavy atom. The van der Waals surface area contributed by atoms with Crippen LogP contribution in [0.1, 0.15) is 5.56 Å². The molecule has 0 fully saturated rings.